The Kier molecular flexibility index (Phi) is 4.83. The zero-order valence-corrected chi connectivity index (χ0v) is 14.0. The van der Waals surface area contributed by atoms with Crippen molar-refractivity contribution < 1.29 is 9.90 Å². The molecule has 24 heavy (non-hydrogen) atoms. The van der Waals surface area contributed by atoms with Gasteiger partial charge in [-0.2, -0.15) is 0 Å². The Hall–Kier alpha value is -2.37. The summed E-state index contributed by atoms with van der Waals surface area (Å²) < 4.78 is 2.02. The second-order valence-electron chi connectivity index (χ2n) is 5.76. The van der Waals surface area contributed by atoms with Crippen LogP contribution in [-0.4, -0.2) is 33.2 Å². The predicted octanol–water partition coefficient (Wildman–Crippen LogP) is 2.85. The minimum Gasteiger partial charge on any atom is -0.394 e. The molecular formula is C18H18ClN3O2. The number of aliphatic hydroxyl groups excluding tert-OH is 1. The number of amides is 1. The zero-order valence-electron chi connectivity index (χ0n) is 13.2. The first kappa shape index (κ1) is 16.5. The number of nitrogens with zero attached hydrogens (tertiary/aromatic N) is 2. The third-order valence-electron chi connectivity index (χ3n) is 3.80. The Morgan fingerprint density at radius 1 is 1.29 bits per heavy atom. The quantitative estimate of drug-likeness (QED) is 0.748. The van der Waals surface area contributed by atoms with Gasteiger partial charge in [0.25, 0.3) is 5.91 Å². The molecule has 3 rings (SSSR count). The number of halogens is 1. The lowest BCUT2D eigenvalue weighted by molar-refractivity contribution is 0.0922. The van der Waals surface area contributed by atoms with Gasteiger partial charge in [0.05, 0.1) is 24.0 Å². The Morgan fingerprint density at radius 3 is 2.75 bits per heavy atom. The largest absolute Gasteiger partial charge is 0.394 e. The number of imidazole rings is 1. The third kappa shape index (κ3) is 3.58. The first-order valence-corrected chi connectivity index (χ1v) is 8.05. The highest BCUT2D eigenvalue weighted by Crippen LogP contribution is 2.18. The molecule has 2 aromatic carbocycles. The number of aromatic nitrogens is 2. The molecule has 6 heteroatoms. The molecule has 0 aliphatic heterocycles. The van der Waals surface area contributed by atoms with Gasteiger partial charge < -0.3 is 15.0 Å². The lowest BCUT2D eigenvalue weighted by Gasteiger charge is -2.10. The highest BCUT2D eigenvalue weighted by Gasteiger charge is 2.11. The van der Waals surface area contributed by atoms with E-state index in [2.05, 4.69) is 10.3 Å². The highest BCUT2D eigenvalue weighted by atomic mass is 35.5. The first-order valence-electron chi connectivity index (χ1n) is 7.68. The molecule has 0 fully saturated rings. The van der Waals surface area contributed by atoms with E-state index in [1.165, 1.54) is 0 Å². The van der Waals surface area contributed by atoms with Crippen LogP contribution in [-0.2, 0) is 6.54 Å². The molecule has 124 valence electrons. The van der Waals surface area contributed by atoms with Crippen LogP contribution in [0.25, 0.3) is 11.0 Å². The SMILES string of the molecule is CC(CO)NC(=O)c1ccc2c(c1)ncn2Cc1ccc(Cl)cc1. The number of carbonyl (C=O) groups excluding carboxylic acids is 1. The number of hydrogen-bond acceptors (Lipinski definition) is 3. The van der Waals surface area contributed by atoms with Crippen molar-refractivity contribution in [1.82, 2.24) is 14.9 Å². The molecule has 1 unspecified atom stereocenters. The van der Waals surface area contributed by atoms with E-state index in [-0.39, 0.29) is 18.6 Å². The van der Waals surface area contributed by atoms with Crippen molar-refractivity contribution >= 4 is 28.5 Å². The van der Waals surface area contributed by atoms with E-state index in [0.29, 0.717) is 17.1 Å². The smallest absolute Gasteiger partial charge is 0.251 e. The third-order valence-corrected chi connectivity index (χ3v) is 4.05. The van der Waals surface area contributed by atoms with E-state index < -0.39 is 0 Å². The Bertz CT molecular complexity index is 858. The number of aliphatic hydroxyl groups is 1. The van der Waals surface area contributed by atoms with E-state index in [4.69, 9.17) is 16.7 Å². The van der Waals surface area contributed by atoms with E-state index >= 15 is 0 Å². The second-order valence-corrected chi connectivity index (χ2v) is 6.20. The Morgan fingerprint density at radius 2 is 2.04 bits per heavy atom. The van der Waals surface area contributed by atoms with Crippen LogP contribution in [0.15, 0.2) is 48.8 Å². The Balaban J connectivity index is 1.83. The van der Waals surface area contributed by atoms with Crippen molar-refractivity contribution in [2.24, 2.45) is 0 Å². The molecule has 0 bridgehead atoms. The highest BCUT2D eigenvalue weighted by molar-refractivity contribution is 6.30. The summed E-state index contributed by atoms with van der Waals surface area (Å²) in [6.07, 6.45) is 1.76. The molecule has 0 spiro atoms. The summed E-state index contributed by atoms with van der Waals surface area (Å²) in [5.74, 6) is -0.217. The van der Waals surface area contributed by atoms with Crippen LogP contribution in [0.4, 0.5) is 0 Å². The molecule has 3 aromatic rings. The van der Waals surface area contributed by atoms with Crippen LogP contribution in [0.5, 0.6) is 0 Å². The van der Waals surface area contributed by atoms with Gasteiger partial charge in [-0.1, -0.05) is 23.7 Å². The molecule has 1 amide bonds. The standard InChI is InChI=1S/C18H18ClN3O2/c1-12(10-23)21-18(24)14-4-7-17-16(8-14)20-11-22(17)9-13-2-5-15(19)6-3-13/h2-8,11-12,23H,9-10H2,1H3,(H,21,24). The van der Waals surface area contributed by atoms with Gasteiger partial charge in [0.15, 0.2) is 0 Å². The maximum absolute atomic E-state index is 12.1. The summed E-state index contributed by atoms with van der Waals surface area (Å²) in [4.78, 5) is 16.5. The molecule has 1 aromatic heterocycles. The lowest BCUT2D eigenvalue weighted by Crippen LogP contribution is -2.34. The molecule has 1 atom stereocenters. The first-order chi connectivity index (χ1) is 11.6. The molecule has 0 radical (unpaired) electrons. The average molecular weight is 344 g/mol. The number of benzene rings is 2. The van der Waals surface area contributed by atoms with Crippen LogP contribution < -0.4 is 5.32 Å². The maximum atomic E-state index is 12.1. The Labute approximate surface area is 144 Å². The van der Waals surface area contributed by atoms with E-state index in [9.17, 15) is 4.79 Å². The minimum absolute atomic E-state index is 0.0935. The van der Waals surface area contributed by atoms with E-state index in [1.54, 1.807) is 25.4 Å². The van der Waals surface area contributed by atoms with E-state index in [0.717, 1.165) is 16.6 Å². The zero-order chi connectivity index (χ0) is 17.1. The van der Waals surface area contributed by atoms with Gasteiger partial charge in [0.1, 0.15) is 0 Å². The summed E-state index contributed by atoms with van der Waals surface area (Å²) >= 11 is 5.91. The number of rotatable bonds is 5. The summed E-state index contributed by atoms with van der Waals surface area (Å²) in [6.45, 7) is 2.34. The molecule has 0 aliphatic carbocycles. The molecule has 0 aliphatic rings. The van der Waals surface area contributed by atoms with Gasteiger partial charge in [0, 0.05) is 23.2 Å². The van der Waals surface area contributed by atoms with Crippen LogP contribution in [0.3, 0.4) is 0 Å². The van der Waals surface area contributed by atoms with Gasteiger partial charge >= 0.3 is 0 Å². The second kappa shape index (κ2) is 7.03. The molecule has 2 N–H and O–H groups in total. The monoisotopic (exact) mass is 343 g/mol. The topological polar surface area (TPSA) is 67.2 Å². The molecule has 5 nitrogen and oxygen atoms in total. The fourth-order valence-electron chi connectivity index (χ4n) is 2.47. The summed E-state index contributed by atoms with van der Waals surface area (Å²) in [5.41, 5.74) is 3.36. The van der Waals surface area contributed by atoms with Crippen molar-refractivity contribution in [1.29, 1.82) is 0 Å². The van der Waals surface area contributed by atoms with Crippen LogP contribution in [0, 0.1) is 0 Å². The number of carbonyl (C=O) groups is 1. The lowest BCUT2D eigenvalue weighted by atomic mass is 10.1. The molecule has 0 saturated carbocycles. The number of fused-ring (bicyclic) bond motifs is 1. The maximum Gasteiger partial charge on any atom is 0.251 e. The van der Waals surface area contributed by atoms with E-state index in [1.807, 2.05) is 34.9 Å². The summed E-state index contributed by atoms with van der Waals surface area (Å²) in [7, 11) is 0. The van der Waals surface area contributed by atoms with Gasteiger partial charge in [-0.05, 0) is 42.8 Å². The van der Waals surface area contributed by atoms with Crippen molar-refractivity contribution in [2.75, 3.05) is 6.61 Å². The molecule has 0 saturated heterocycles. The van der Waals surface area contributed by atoms with Crippen LogP contribution in [0.1, 0.15) is 22.8 Å². The van der Waals surface area contributed by atoms with Crippen molar-refractivity contribution in [3.63, 3.8) is 0 Å². The van der Waals surface area contributed by atoms with Gasteiger partial charge in [-0.3, -0.25) is 4.79 Å². The number of hydrogen-bond donors (Lipinski definition) is 2. The van der Waals surface area contributed by atoms with Crippen molar-refractivity contribution in [3.8, 4) is 0 Å². The summed E-state index contributed by atoms with van der Waals surface area (Å²) in [5, 5.41) is 12.5. The molecule has 1 heterocycles. The summed E-state index contributed by atoms with van der Waals surface area (Å²) in [6, 6.07) is 12.8. The van der Waals surface area contributed by atoms with Crippen LogP contribution >= 0.6 is 11.6 Å². The minimum atomic E-state index is -0.282. The fraction of sp³-hybridized carbons (Fsp3) is 0.222. The average Bonchev–Trinajstić information content (AvgIpc) is 2.99. The predicted molar refractivity (Wildman–Crippen MR) is 94.3 cm³/mol. The van der Waals surface area contributed by atoms with Gasteiger partial charge in [-0.25, -0.2) is 4.98 Å². The van der Waals surface area contributed by atoms with Crippen LogP contribution in [0.2, 0.25) is 5.02 Å². The van der Waals surface area contributed by atoms with Gasteiger partial charge in [0.2, 0.25) is 0 Å². The van der Waals surface area contributed by atoms with Crippen molar-refractivity contribution in [2.45, 2.75) is 19.5 Å². The van der Waals surface area contributed by atoms with Gasteiger partial charge in [-0.15, -0.1) is 0 Å². The molecular weight excluding hydrogens is 326 g/mol. The number of nitrogens with one attached hydrogen (secondary N) is 1. The normalized spacial score (nSPS) is 12.3. The van der Waals surface area contributed by atoms with Crippen molar-refractivity contribution in [3.05, 3.63) is 64.9 Å². The fourth-order valence-corrected chi connectivity index (χ4v) is 2.60.